The first-order valence-electron chi connectivity index (χ1n) is 8.31. The average molecular weight is 377 g/mol. The molecule has 0 atom stereocenters. The van der Waals surface area contributed by atoms with Crippen molar-refractivity contribution in [2.75, 3.05) is 0 Å². The van der Waals surface area contributed by atoms with Crippen LogP contribution in [-0.2, 0) is 0 Å². The molecule has 0 saturated heterocycles. The SMILES string of the molecule is Cc1cc(/C=C(\C#N)c2ccccc2)c(C)n1-c1ccc(C(=O)O)c(Cl)c1. The summed E-state index contributed by atoms with van der Waals surface area (Å²) in [5.41, 5.74) is 5.11. The van der Waals surface area contributed by atoms with E-state index in [-0.39, 0.29) is 10.6 Å². The third kappa shape index (κ3) is 3.64. The van der Waals surface area contributed by atoms with Crippen LogP contribution in [0.2, 0.25) is 5.02 Å². The van der Waals surface area contributed by atoms with E-state index in [1.54, 1.807) is 12.1 Å². The van der Waals surface area contributed by atoms with Gasteiger partial charge in [-0.15, -0.1) is 0 Å². The fraction of sp³-hybridized carbons (Fsp3) is 0.0909. The summed E-state index contributed by atoms with van der Waals surface area (Å²) in [6.07, 6.45) is 1.86. The number of aromatic carboxylic acids is 1. The standard InChI is InChI=1S/C22H17ClN2O2/c1-14-10-17(11-18(13-24)16-6-4-3-5-7-16)15(2)25(14)19-8-9-20(22(26)27)21(23)12-19/h3-12H,1-2H3,(H,26,27)/b18-11+. The van der Waals surface area contributed by atoms with Crippen molar-refractivity contribution < 1.29 is 9.90 Å². The Hall–Kier alpha value is -3.29. The zero-order valence-electron chi connectivity index (χ0n) is 14.9. The molecule has 0 bridgehead atoms. The number of hydrogen-bond donors (Lipinski definition) is 1. The Morgan fingerprint density at radius 2 is 1.85 bits per heavy atom. The second-order valence-electron chi connectivity index (χ2n) is 6.17. The molecular weight excluding hydrogens is 360 g/mol. The van der Waals surface area contributed by atoms with Crippen LogP contribution in [-0.4, -0.2) is 15.6 Å². The number of aryl methyl sites for hydroxylation is 1. The third-order valence-corrected chi connectivity index (χ3v) is 4.73. The normalized spacial score (nSPS) is 11.3. The smallest absolute Gasteiger partial charge is 0.337 e. The first-order chi connectivity index (χ1) is 12.9. The van der Waals surface area contributed by atoms with Gasteiger partial charge in [0.2, 0.25) is 0 Å². The second kappa shape index (κ2) is 7.53. The summed E-state index contributed by atoms with van der Waals surface area (Å²) in [6, 6.07) is 18.6. The zero-order valence-corrected chi connectivity index (χ0v) is 15.7. The van der Waals surface area contributed by atoms with E-state index >= 15 is 0 Å². The van der Waals surface area contributed by atoms with Crippen LogP contribution >= 0.6 is 11.6 Å². The lowest BCUT2D eigenvalue weighted by Crippen LogP contribution is -2.02. The molecule has 27 heavy (non-hydrogen) atoms. The number of nitriles is 1. The van der Waals surface area contributed by atoms with Crippen molar-refractivity contribution in [2.45, 2.75) is 13.8 Å². The number of carboxylic acids is 1. The summed E-state index contributed by atoms with van der Waals surface area (Å²) in [7, 11) is 0. The van der Waals surface area contributed by atoms with E-state index in [0.717, 1.165) is 28.2 Å². The van der Waals surface area contributed by atoms with Gasteiger partial charge in [0.1, 0.15) is 0 Å². The van der Waals surface area contributed by atoms with Gasteiger partial charge in [-0.1, -0.05) is 41.9 Å². The lowest BCUT2D eigenvalue weighted by Gasteiger charge is -2.11. The fourth-order valence-corrected chi connectivity index (χ4v) is 3.36. The summed E-state index contributed by atoms with van der Waals surface area (Å²) in [4.78, 5) is 11.2. The van der Waals surface area contributed by atoms with Gasteiger partial charge in [-0.25, -0.2) is 4.79 Å². The minimum atomic E-state index is -1.06. The first-order valence-corrected chi connectivity index (χ1v) is 8.69. The van der Waals surface area contributed by atoms with Gasteiger partial charge in [0, 0.05) is 17.1 Å². The van der Waals surface area contributed by atoms with E-state index < -0.39 is 5.97 Å². The molecule has 1 heterocycles. The summed E-state index contributed by atoms with van der Waals surface area (Å²) in [5, 5.41) is 18.9. The molecule has 4 nitrogen and oxygen atoms in total. The molecular formula is C22H17ClN2O2. The molecule has 2 aromatic carbocycles. The van der Waals surface area contributed by atoms with Crippen LogP contribution in [0.1, 0.15) is 32.9 Å². The molecule has 0 saturated carbocycles. The zero-order chi connectivity index (χ0) is 19.6. The maximum absolute atomic E-state index is 11.2. The van der Waals surface area contributed by atoms with Crippen LogP contribution < -0.4 is 0 Å². The molecule has 0 amide bonds. The molecule has 134 valence electrons. The molecule has 0 aliphatic carbocycles. The molecule has 0 radical (unpaired) electrons. The minimum Gasteiger partial charge on any atom is -0.478 e. The Labute approximate surface area is 162 Å². The molecule has 5 heteroatoms. The van der Waals surface area contributed by atoms with Crippen LogP contribution in [0.15, 0.2) is 54.6 Å². The highest BCUT2D eigenvalue weighted by Gasteiger charge is 2.14. The van der Waals surface area contributed by atoms with Crippen LogP contribution in [0.4, 0.5) is 0 Å². The number of hydrogen-bond acceptors (Lipinski definition) is 2. The van der Waals surface area contributed by atoms with Crippen molar-refractivity contribution in [2.24, 2.45) is 0 Å². The van der Waals surface area contributed by atoms with Gasteiger partial charge in [-0.3, -0.25) is 0 Å². The van der Waals surface area contributed by atoms with Crippen molar-refractivity contribution in [3.8, 4) is 11.8 Å². The Kier molecular flexibility index (Phi) is 5.16. The van der Waals surface area contributed by atoms with Gasteiger partial charge in [-0.2, -0.15) is 5.26 Å². The molecule has 0 fully saturated rings. The van der Waals surface area contributed by atoms with E-state index in [1.807, 2.05) is 60.9 Å². The van der Waals surface area contributed by atoms with Crippen molar-refractivity contribution in [1.29, 1.82) is 5.26 Å². The van der Waals surface area contributed by atoms with Gasteiger partial charge in [0.15, 0.2) is 0 Å². The number of carbonyl (C=O) groups is 1. The van der Waals surface area contributed by atoms with E-state index in [2.05, 4.69) is 6.07 Å². The number of benzene rings is 2. The predicted molar refractivity (Wildman–Crippen MR) is 107 cm³/mol. The average Bonchev–Trinajstić information content (AvgIpc) is 2.93. The lowest BCUT2D eigenvalue weighted by atomic mass is 10.0. The minimum absolute atomic E-state index is 0.0684. The van der Waals surface area contributed by atoms with E-state index in [4.69, 9.17) is 16.7 Å². The molecule has 1 aromatic heterocycles. The van der Waals surface area contributed by atoms with Crippen molar-refractivity contribution in [3.63, 3.8) is 0 Å². The van der Waals surface area contributed by atoms with Crippen molar-refractivity contribution in [3.05, 3.63) is 87.7 Å². The molecule has 0 spiro atoms. The highest BCUT2D eigenvalue weighted by Crippen LogP contribution is 2.27. The molecule has 0 unspecified atom stereocenters. The third-order valence-electron chi connectivity index (χ3n) is 4.42. The topological polar surface area (TPSA) is 66.0 Å². The quantitative estimate of drug-likeness (QED) is 0.610. The summed E-state index contributed by atoms with van der Waals surface area (Å²) in [6.45, 7) is 3.91. The molecule has 3 rings (SSSR count). The van der Waals surface area contributed by atoms with E-state index in [9.17, 15) is 10.1 Å². The highest BCUT2D eigenvalue weighted by atomic mass is 35.5. The highest BCUT2D eigenvalue weighted by molar-refractivity contribution is 6.33. The van der Waals surface area contributed by atoms with Crippen LogP contribution in [0.25, 0.3) is 17.3 Å². The fourth-order valence-electron chi connectivity index (χ4n) is 3.10. The van der Waals surface area contributed by atoms with E-state index in [0.29, 0.717) is 5.57 Å². The summed E-state index contributed by atoms with van der Waals surface area (Å²) < 4.78 is 1.99. The Balaban J connectivity index is 2.08. The number of nitrogens with zero attached hydrogens (tertiary/aromatic N) is 2. The Morgan fingerprint density at radius 3 is 2.44 bits per heavy atom. The van der Waals surface area contributed by atoms with Crippen LogP contribution in [0.3, 0.4) is 0 Å². The van der Waals surface area contributed by atoms with Gasteiger partial charge in [0.25, 0.3) is 0 Å². The van der Waals surface area contributed by atoms with Gasteiger partial charge in [0.05, 0.1) is 22.2 Å². The monoisotopic (exact) mass is 376 g/mol. The van der Waals surface area contributed by atoms with Crippen LogP contribution in [0.5, 0.6) is 0 Å². The largest absolute Gasteiger partial charge is 0.478 e. The first kappa shape index (κ1) is 18.5. The second-order valence-corrected chi connectivity index (χ2v) is 6.57. The van der Waals surface area contributed by atoms with Gasteiger partial charge in [-0.05, 0) is 55.3 Å². The van der Waals surface area contributed by atoms with Gasteiger partial charge < -0.3 is 9.67 Å². The van der Waals surface area contributed by atoms with Gasteiger partial charge >= 0.3 is 5.97 Å². The maximum atomic E-state index is 11.2. The number of rotatable bonds is 4. The molecule has 1 N–H and O–H groups in total. The summed E-state index contributed by atoms with van der Waals surface area (Å²) in [5.74, 6) is -1.06. The predicted octanol–water partition coefficient (Wildman–Crippen LogP) is 5.51. The lowest BCUT2D eigenvalue weighted by molar-refractivity contribution is 0.0697. The van der Waals surface area contributed by atoms with Crippen molar-refractivity contribution >= 4 is 29.2 Å². The number of aromatic nitrogens is 1. The maximum Gasteiger partial charge on any atom is 0.337 e. The van der Waals surface area contributed by atoms with E-state index in [1.165, 1.54) is 6.07 Å². The number of carboxylic acid groups (broad SMARTS) is 1. The van der Waals surface area contributed by atoms with Crippen molar-refractivity contribution in [1.82, 2.24) is 4.57 Å². The Bertz CT molecular complexity index is 1090. The molecule has 3 aromatic rings. The molecule has 0 aliphatic rings. The van der Waals surface area contributed by atoms with Crippen LogP contribution in [0, 0.1) is 25.2 Å². The number of allylic oxidation sites excluding steroid dienone is 1. The number of halogens is 1. The Morgan fingerprint density at radius 1 is 1.15 bits per heavy atom. The summed E-state index contributed by atoms with van der Waals surface area (Å²) >= 11 is 6.12. The molecule has 0 aliphatic heterocycles.